The highest BCUT2D eigenvalue weighted by Crippen LogP contribution is 2.43. The van der Waals surface area contributed by atoms with Gasteiger partial charge in [0, 0.05) is 9.86 Å². The smallest absolute Gasteiger partial charge is 0.340 e. The van der Waals surface area contributed by atoms with Gasteiger partial charge in [0.05, 0.1) is 23.6 Å². The Labute approximate surface area is 169 Å². The van der Waals surface area contributed by atoms with Crippen LogP contribution in [0.4, 0.5) is 0 Å². The van der Waals surface area contributed by atoms with Gasteiger partial charge in [0.1, 0.15) is 11.3 Å². The molecule has 0 spiro atoms. The maximum Gasteiger partial charge on any atom is 0.340 e. The molecule has 0 amide bonds. The minimum atomic E-state index is -0.714. The van der Waals surface area contributed by atoms with Crippen molar-refractivity contribution in [1.29, 1.82) is 0 Å². The molecule has 3 N–H and O–H groups in total. The lowest BCUT2D eigenvalue weighted by molar-refractivity contribution is -0.139. The fourth-order valence-electron chi connectivity index (χ4n) is 3.50. The summed E-state index contributed by atoms with van der Waals surface area (Å²) in [4.78, 5) is 28.6. The third kappa shape index (κ3) is 2.97. The van der Waals surface area contributed by atoms with Crippen molar-refractivity contribution < 1.29 is 14.3 Å². The summed E-state index contributed by atoms with van der Waals surface area (Å²) in [6, 6.07) is 14.7. The van der Waals surface area contributed by atoms with Crippen LogP contribution >= 0.6 is 15.9 Å². The summed E-state index contributed by atoms with van der Waals surface area (Å²) in [5, 5.41) is 0.711. The molecule has 0 saturated heterocycles. The number of halogens is 1. The summed E-state index contributed by atoms with van der Waals surface area (Å²) in [5.41, 5.74) is 7.63. The van der Waals surface area contributed by atoms with Gasteiger partial charge in [-0.3, -0.25) is 4.79 Å². The van der Waals surface area contributed by atoms with Crippen molar-refractivity contribution in [2.75, 3.05) is 6.61 Å². The number of carbonyl (C=O) groups excluding carboxylic acids is 1. The fourth-order valence-corrected chi connectivity index (χ4v) is 3.92. The minimum Gasteiger partial charge on any atom is -0.462 e. The second kappa shape index (κ2) is 7.16. The van der Waals surface area contributed by atoms with Crippen molar-refractivity contribution >= 4 is 32.8 Å². The van der Waals surface area contributed by atoms with Crippen LogP contribution in [0, 0.1) is 0 Å². The van der Waals surface area contributed by atoms with Crippen LogP contribution in [0.2, 0.25) is 0 Å². The Bertz CT molecular complexity index is 1180. The first-order valence-electron chi connectivity index (χ1n) is 8.76. The van der Waals surface area contributed by atoms with E-state index in [0.717, 1.165) is 10.0 Å². The Hall–Kier alpha value is -3.06. The summed E-state index contributed by atoms with van der Waals surface area (Å²) < 4.78 is 11.8. The predicted octanol–water partition coefficient (Wildman–Crippen LogP) is 3.55. The first-order valence-corrected chi connectivity index (χ1v) is 9.55. The number of fused-ring (bicyclic) bond motifs is 3. The number of nitrogens with one attached hydrogen (secondary N) is 1. The highest BCUT2D eigenvalue weighted by molar-refractivity contribution is 9.10. The lowest BCUT2D eigenvalue weighted by atomic mass is 9.83. The molecule has 7 heteroatoms. The lowest BCUT2D eigenvalue weighted by Crippen LogP contribution is -2.32. The van der Waals surface area contributed by atoms with E-state index in [2.05, 4.69) is 20.9 Å². The average Bonchev–Trinajstić information content (AvgIpc) is 2.67. The van der Waals surface area contributed by atoms with Crippen molar-refractivity contribution in [3.8, 4) is 5.75 Å². The number of esters is 1. The third-order valence-electron chi connectivity index (χ3n) is 4.64. The van der Waals surface area contributed by atoms with Crippen molar-refractivity contribution in [3.63, 3.8) is 0 Å². The van der Waals surface area contributed by atoms with Crippen LogP contribution in [0.1, 0.15) is 24.0 Å². The van der Waals surface area contributed by atoms with E-state index in [4.69, 9.17) is 15.2 Å². The maximum atomic E-state index is 13.0. The molecule has 0 radical (unpaired) electrons. The molecule has 4 rings (SSSR count). The molecule has 0 aliphatic carbocycles. The number of ether oxygens (including phenoxy) is 2. The number of aromatic nitrogens is 1. The first kappa shape index (κ1) is 18.3. The second-order valence-electron chi connectivity index (χ2n) is 6.33. The van der Waals surface area contributed by atoms with Crippen LogP contribution in [0.3, 0.4) is 0 Å². The molecular formula is C21H17BrN2O4. The number of benzene rings is 2. The molecule has 1 aliphatic rings. The van der Waals surface area contributed by atoms with Crippen molar-refractivity contribution in [3.05, 3.63) is 85.9 Å². The highest BCUT2D eigenvalue weighted by atomic mass is 79.9. The lowest BCUT2D eigenvalue weighted by Gasteiger charge is -2.28. The molecule has 3 aromatic rings. The van der Waals surface area contributed by atoms with E-state index < -0.39 is 11.9 Å². The number of aromatic amines is 1. The molecule has 1 unspecified atom stereocenters. The van der Waals surface area contributed by atoms with E-state index in [1.165, 1.54) is 0 Å². The highest BCUT2D eigenvalue weighted by Gasteiger charge is 2.38. The van der Waals surface area contributed by atoms with Gasteiger partial charge < -0.3 is 20.2 Å². The van der Waals surface area contributed by atoms with Gasteiger partial charge in [-0.05, 0) is 36.8 Å². The van der Waals surface area contributed by atoms with Crippen molar-refractivity contribution in [1.82, 2.24) is 4.98 Å². The third-order valence-corrected chi connectivity index (χ3v) is 5.13. The molecule has 6 nitrogen and oxygen atoms in total. The van der Waals surface area contributed by atoms with E-state index in [1.807, 2.05) is 42.5 Å². The van der Waals surface area contributed by atoms with E-state index in [9.17, 15) is 9.59 Å². The van der Waals surface area contributed by atoms with Gasteiger partial charge in [-0.1, -0.05) is 40.2 Å². The molecule has 1 aromatic heterocycles. The molecule has 0 fully saturated rings. The van der Waals surface area contributed by atoms with Gasteiger partial charge in [-0.25, -0.2) is 4.79 Å². The number of pyridine rings is 1. The summed E-state index contributed by atoms with van der Waals surface area (Å²) >= 11 is 3.45. The summed E-state index contributed by atoms with van der Waals surface area (Å²) in [6.45, 7) is 1.89. The van der Waals surface area contributed by atoms with Crippen LogP contribution in [-0.2, 0) is 9.53 Å². The molecule has 1 aliphatic heterocycles. The van der Waals surface area contributed by atoms with Crippen LogP contribution in [0.5, 0.6) is 5.75 Å². The van der Waals surface area contributed by atoms with Gasteiger partial charge in [-0.2, -0.15) is 0 Å². The quantitative estimate of drug-likeness (QED) is 0.607. The second-order valence-corrected chi connectivity index (χ2v) is 7.25. The predicted molar refractivity (Wildman–Crippen MR) is 109 cm³/mol. The standard InChI is InChI=1S/C21H17BrN2O4/c1-2-27-21(26)17-15(11-6-5-7-12(22)10-11)16-18(28-19(17)23)13-8-3-4-9-14(13)24-20(16)25/h3-10,15H,2,23H2,1H3,(H,24,25). The topological polar surface area (TPSA) is 94.4 Å². The minimum absolute atomic E-state index is 0.0633. The van der Waals surface area contributed by atoms with E-state index in [0.29, 0.717) is 22.2 Å². The Morgan fingerprint density at radius 2 is 2.04 bits per heavy atom. The zero-order chi connectivity index (χ0) is 19.8. The molecule has 1 atom stereocenters. The number of nitrogens with two attached hydrogens (primary N) is 1. The number of rotatable bonds is 3. The normalized spacial score (nSPS) is 15.9. The molecule has 2 aromatic carbocycles. The summed E-state index contributed by atoms with van der Waals surface area (Å²) in [5.74, 6) is -1.03. The SMILES string of the molecule is CCOC(=O)C1=C(N)Oc2c(c(=O)[nH]c3ccccc23)C1c1cccc(Br)c1. The monoisotopic (exact) mass is 440 g/mol. The van der Waals surface area contributed by atoms with Crippen LogP contribution < -0.4 is 16.0 Å². The molecule has 0 bridgehead atoms. The van der Waals surface area contributed by atoms with Crippen molar-refractivity contribution in [2.24, 2.45) is 5.73 Å². The first-order chi connectivity index (χ1) is 13.5. The van der Waals surface area contributed by atoms with Crippen molar-refractivity contribution in [2.45, 2.75) is 12.8 Å². The van der Waals surface area contributed by atoms with E-state index >= 15 is 0 Å². The van der Waals surface area contributed by atoms with Gasteiger partial charge in [-0.15, -0.1) is 0 Å². The Morgan fingerprint density at radius 1 is 1.25 bits per heavy atom. The Balaban J connectivity index is 2.05. The molecule has 2 heterocycles. The zero-order valence-electron chi connectivity index (χ0n) is 15.0. The fraction of sp³-hybridized carbons (Fsp3) is 0.143. The van der Waals surface area contributed by atoms with E-state index in [1.54, 1.807) is 13.0 Å². The largest absolute Gasteiger partial charge is 0.462 e. The average molecular weight is 441 g/mol. The number of hydrogen-bond donors (Lipinski definition) is 2. The van der Waals surface area contributed by atoms with E-state index in [-0.39, 0.29) is 23.6 Å². The zero-order valence-corrected chi connectivity index (χ0v) is 16.6. The number of hydrogen-bond acceptors (Lipinski definition) is 5. The molecular weight excluding hydrogens is 424 g/mol. The van der Waals surface area contributed by atoms with Crippen LogP contribution in [0.25, 0.3) is 10.9 Å². The van der Waals surface area contributed by atoms with Crippen LogP contribution in [-0.4, -0.2) is 17.6 Å². The summed E-state index contributed by atoms with van der Waals surface area (Å²) in [7, 11) is 0. The van der Waals surface area contributed by atoms with Crippen LogP contribution in [0.15, 0.2) is 69.3 Å². The Morgan fingerprint density at radius 3 is 2.79 bits per heavy atom. The summed E-state index contributed by atoms with van der Waals surface area (Å²) in [6.07, 6.45) is 0. The maximum absolute atomic E-state index is 13.0. The van der Waals surface area contributed by atoms with Gasteiger partial charge in [0.25, 0.3) is 5.56 Å². The van der Waals surface area contributed by atoms with Gasteiger partial charge >= 0.3 is 5.97 Å². The number of H-pyrrole nitrogens is 1. The molecule has 0 saturated carbocycles. The molecule has 142 valence electrons. The van der Waals surface area contributed by atoms with Gasteiger partial charge in [0.2, 0.25) is 5.88 Å². The van der Waals surface area contributed by atoms with Gasteiger partial charge in [0.15, 0.2) is 0 Å². The molecule has 28 heavy (non-hydrogen) atoms. The number of para-hydroxylation sites is 1. The Kier molecular flexibility index (Phi) is 4.68. The number of carbonyl (C=O) groups is 1.